The van der Waals surface area contributed by atoms with Gasteiger partial charge >= 0.3 is 5.91 Å². The predicted octanol–water partition coefficient (Wildman–Crippen LogP) is 3.07. The summed E-state index contributed by atoms with van der Waals surface area (Å²) in [5.74, 6) is -3.65. The van der Waals surface area contributed by atoms with Gasteiger partial charge in [-0.05, 0) is 49.2 Å². The van der Waals surface area contributed by atoms with E-state index in [-0.39, 0.29) is 41.1 Å². The quantitative estimate of drug-likeness (QED) is 0.170. The van der Waals surface area contributed by atoms with Crippen molar-refractivity contribution in [3.05, 3.63) is 70.5 Å². The summed E-state index contributed by atoms with van der Waals surface area (Å²) in [6.07, 6.45) is -0.164. The highest BCUT2D eigenvalue weighted by molar-refractivity contribution is 5.97. The van der Waals surface area contributed by atoms with Gasteiger partial charge in [-0.15, -0.1) is 0 Å². The number of quaternary nitrogens is 1. The molecular weight excluding hydrogens is 567 g/mol. The summed E-state index contributed by atoms with van der Waals surface area (Å²) in [6, 6.07) is 11.8. The first kappa shape index (κ1) is 35.8. The minimum atomic E-state index is -1.24. The first-order valence-corrected chi connectivity index (χ1v) is 14.3. The normalized spacial score (nSPS) is 13.8. The third kappa shape index (κ3) is 10.7. The van der Waals surface area contributed by atoms with Gasteiger partial charge in [0.25, 0.3) is 0 Å². The summed E-state index contributed by atoms with van der Waals surface area (Å²) in [5.41, 5.74) is 1.45. The van der Waals surface area contributed by atoms with E-state index in [2.05, 4.69) is 10.6 Å². The van der Waals surface area contributed by atoms with Gasteiger partial charge in [0.2, 0.25) is 11.8 Å². The number of Topliss-reactive ketones (excluding diaryl/α,β-unsaturated/α-hetero) is 1. The number of amides is 3. The number of aryl methyl sites for hydroxylation is 1. The third-order valence-electron chi connectivity index (χ3n) is 6.71. The van der Waals surface area contributed by atoms with Crippen molar-refractivity contribution in [1.82, 2.24) is 10.6 Å². The number of nitrogens with zero attached hydrogens (tertiary/aromatic N) is 2. The van der Waals surface area contributed by atoms with Crippen molar-refractivity contribution in [2.45, 2.75) is 52.8 Å². The van der Waals surface area contributed by atoms with Gasteiger partial charge in [-0.2, -0.15) is 5.26 Å². The van der Waals surface area contributed by atoms with E-state index in [9.17, 15) is 33.9 Å². The molecule has 3 N–H and O–H groups in total. The van der Waals surface area contributed by atoms with Crippen LogP contribution in [0.5, 0.6) is 5.75 Å². The Bertz CT molecular complexity index is 1440. The molecule has 0 bridgehead atoms. The molecule has 0 aliphatic heterocycles. The number of benzene rings is 2. The van der Waals surface area contributed by atoms with Gasteiger partial charge in [-0.25, -0.2) is 9.18 Å². The van der Waals surface area contributed by atoms with Gasteiger partial charge in [0, 0.05) is 24.4 Å². The monoisotopic (exact) mass is 609 g/mol. The molecule has 2 aromatic rings. The highest BCUT2D eigenvalue weighted by Gasteiger charge is 2.31. The number of aliphatic hydroxyl groups is 1. The maximum Gasteiger partial charge on any atom is 0.355 e. The van der Waals surface area contributed by atoms with Crippen LogP contribution in [0.3, 0.4) is 0 Å². The van der Waals surface area contributed by atoms with E-state index >= 15 is 0 Å². The molecule has 2 aromatic carbocycles. The Morgan fingerprint density at radius 2 is 1.75 bits per heavy atom. The molecule has 0 saturated heterocycles. The smallest absolute Gasteiger partial charge is 0.355 e. The van der Waals surface area contributed by atoms with Crippen LogP contribution in [0.15, 0.2) is 48.0 Å². The lowest BCUT2D eigenvalue weighted by Gasteiger charge is -2.24. The molecule has 0 heterocycles. The van der Waals surface area contributed by atoms with Crippen molar-refractivity contribution in [2.75, 3.05) is 27.7 Å². The summed E-state index contributed by atoms with van der Waals surface area (Å²) in [6.45, 7) is 6.01. The Morgan fingerprint density at radius 3 is 2.32 bits per heavy atom. The van der Waals surface area contributed by atoms with Crippen LogP contribution in [-0.4, -0.2) is 73.0 Å². The number of hydrogen-bond acceptors (Lipinski definition) is 7. The second-order valence-electron chi connectivity index (χ2n) is 11.9. The van der Waals surface area contributed by atoms with Crippen molar-refractivity contribution in [1.29, 1.82) is 5.26 Å². The fourth-order valence-corrected chi connectivity index (χ4v) is 4.07. The number of rotatable bonds is 14. The molecule has 0 fully saturated rings. The van der Waals surface area contributed by atoms with Crippen LogP contribution < -0.4 is 15.4 Å². The van der Waals surface area contributed by atoms with Gasteiger partial charge in [0.05, 0.1) is 33.2 Å². The van der Waals surface area contributed by atoms with Crippen LogP contribution in [0.4, 0.5) is 4.39 Å². The van der Waals surface area contributed by atoms with Crippen LogP contribution in [0.2, 0.25) is 0 Å². The van der Waals surface area contributed by atoms with E-state index < -0.39 is 47.4 Å². The molecule has 0 radical (unpaired) electrons. The minimum Gasteiger partial charge on any atom is -0.493 e. The maximum absolute atomic E-state index is 14.4. The molecule has 0 aliphatic rings. The zero-order chi connectivity index (χ0) is 33.2. The Balaban J connectivity index is 2.30. The summed E-state index contributed by atoms with van der Waals surface area (Å²) >= 11 is 0. The standard InChI is InChI=1S/C33H41FN4O6/c1-20(2)31(41)37-30(22(4)39)29(40)16-26(32(42)36-18-24-12-11-21(3)13-28(24)34)19-44-27-10-8-9-23(15-27)14-25(17-35)33(43)38(5,6)7/h8-15,20,22,26,30,39H,16,18-19H2,1-7H3,(H-,36,37,41,42)/p+1/t22-,26+,30+/m1/s1. The largest absolute Gasteiger partial charge is 0.493 e. The Labute approximate surface area is 258 Å². The number of aliphatic hydroxyl groups excluding tert-OH is 1. The number of ketones is 1. The summed E-state index contributed by atoms with van der Waals surface area (Å²) in [7, 11) is 4.97. The average molecular weight is 610 g/mol. The van der Waals surface area contributed by atoms with Gasteiger partial charge in [0.1, 0.15) is 30.3 Å². The van der Waals surface area contributed by atoms with Crippen molar-refractivity contribution in [2.24, 2.45) is 11.8 Å². The number of carbonyl (C=O) groups excluding carboxylic acids is 4. The molecule has 0 aromatic heterocycles. The van der Waals surface area contributed by atoms with Crippen molar-refractivity contribution >= 4 is 29.6 Å². The van der Waals surface area contributed by atoms with Crippen molar-refractivity contribution in [3.8, 4) is 11.8 Å². The van der Waals surface area contributed by atoms with E-state index in [0.717, 1.165) is 5.56 Å². The molecule has 0 aliphatic carbocycles. The lowest BCUT2D eigenvalue weighted by Crippen LogP contribution is -2.50. The van der Waals surface area contributed by atoms with Crippen LogP contribution in [-0.2, 0) is 25.7 Å². The fourth-order valence-electron chi connectivity index (χ4n) is 4.07. The second kappa shape index (κ2) is 15.9. The number of hydrogen-bond donors (Lipinski definition) is 3. The molecule has 3 amide bonds. The van der Waals surface area contributed by atoms with E-state index in [0.29, 0.717) is 11.3 Å². The third-order valence-corrected chi connectivity index (χ3v) is 6.71. The van der Waals surface area contributed by atoms with Gasteiger partial charge < -0.3 is 20.5 Å². The fraction of sp³-hybridized carbons (Fsp3) is 0.424. The lowest BCUT2D eigenvalue weighted by molar-refractivity contribution is -0.789. The zero-order valence-electron chi connectivity index (χ0n) is 26.3. The van der Waals surface area contributed by atoms with Crippen molar-refractivity contribution in [3.63, 3.8) is 0 Å². The second-order valence-corrected chi connectivity index (χ2v) is 11.9. The highest BCUT2D eigenvalue weighted by Crippen LogP contribution is 2.20. The minimum absolute atomic E-state index is 0.0477. The average Bonchev–Trinajstić information content (AvgIpc) is 2.94. The molecule has 0 saturated carbocycles. The number of likely N-dealkylation sites (N-methyl/N-ethyl adjacent to an activating group) is 1. The van der Waals surface area contributed by atoms with Gasteiger partial charge in [-0.3, -0.25) is 18.9 Å². The number of nitrogens with one attached hydrogen (secondary N) is 2. The predicted molar refractivity (Wildman–Crippen MR) is 163 cm³/mol. The summed E-state index contributed by atoms with van der Waals surface area (Å²) in [5, 5.41) is 24.9. The number of halogens is 1. The molecular formula is C33H42FN4O6+. The van der Waals surface area contributed by atoms with Crippen LogP contribution in [0.25, 0.3) is 6.08 Å². The molecule has 3 atom stereocenters. The Morgan fingerprint density at radius 1 is 1.07 bits per heavy atom. The summed E-state index contributed by atoms with van der Waals surface area (Å²) < 4.78 is 20.2. The Hall–Kier alpha value is -4.40. The lowest BCUT2D eigenvalue weighted by atomic mass is 9.95. The Kier molecular flexibility index (Phi) is 12.9. The van der Waals surface area contributed by atoms with E-state index in [1.165, 1.54) is 19.1 Å². The van der Waals surface area contributed by atoms with E-state index in [1.807, 2.05) is 6.07 Å². The van der Waals surface area contributed by atoms with Gasteiger partial charge in [-0.1, -0.05) is 38.1 Å². The first-order valence-electron chi connectivity index (χ1n) is 14.3. The molecule has 44 heavy (non-hydrogen) atoms. The van der Waals surface area contributed by atoms with Crippen LogP contribution in [0, 0.1) is 35.9 Å². The van der Waals surface area contributed by atoms with Crippen LogP contribution >= 0.6 is 0 Å². The molecule has 11 heteroatoms. The highest BCUT2D eigenvalue weighted by atomic mass is 19.1. The van der Waals surface area contributed by atoms with Gasteiger partial charge in [0.15, 0.2) is 11.4 Å². The van der Waals surface area contributed by atoms with E-state index in [4.69, 9.17) is 4.74 Å². The molecule has 10 nitrogen and oxygen atoms in total. The zero-order valence-corrected chi connectivity index (χ0v) is 26.3. The van der Waals surface area contributed by atoms with Crippen LogP contribution in [0.1, 0.15) is 43.9 Å². The van der Waals surface area contributed by atoms with Crippen molar-refractivity contribution < 1.29 is 37.9 Å². The SMILES string of the molecule is Cc1ccc(CNC(=O)[C@H](COc2cccc(C=C(C#N)C(=O)[N+](C)(C)C)c2)CC(=O)[C@@H](NC(=O)C(C)C)[C@@H](C)O)c(F)c1. The maximum atomic E-state index is 14.4. The van der Waals surface area contributed by atoms with E-state index in [1.54, 1.807) is 78.3 Å². The molecule has 236 valence electrons. The summed E-state index contributed by atoms with van der Waals surface area (Å²) in [4.78, 5) is 51.4. The number of nitriles is 1. The first-order chi connectivity index (χ1) is 20.5. The molecule has 0 unspecified atom stereocenters. The number of ether oxygens (including phenoxy) is 1. The topological polar surface area (TPSA) is 146 Å². The molecule has 0 spiro atoms. The number of carbonyl (C=O) groups is 4. The molecule has 2 rings (SSSR count).